The number of pyridine rings is 1. The molecule has 1 saturated carbocycles. The SMILES string of the molecule is CC(C)(C)OC(=O)N1CC(Oc2cc(N(C(N)=O)c3ccc(Oc4ccnc(NC(=O)C5CC5)c4)cc3)cc(C(F)(F)F)c2)C1. The van der Waals surface area contributed by atoms with E-state index in [9.17, 15) is 27.6 Å². The summed E-state index contributed by atoms with van der Waals surface area (Å²) in [5.74, 6) is 0.821. The molecule has 0 atom stereocenters. The summed E-state index contributed by atoms with van der Waals surface area (Å²) in [5, 5.41) is 2.74. The molecule has 1 aromatic heterocycles. The molecular formula is C31H32F3N5O6. The number of benzene rings is 2. The Morgan fingerprint density at radius 1 is 0.933 bits per heavy atom. The molecule has 2 aliphatic rings. The molecule has 1 saturated heterocycles. The second kappa shape index (κ2) is 12.2. The lowest BCUT2D eigenvalue weighted by atomic mass is 10.1. The number of anilines is 3. The molecule has 3 N–H and O–H groups in total. The van der Waals surface area contributed by atoms with Crippen LogP contribution in [0.1, 0.15) is 39.2 Å². The number of aromatic nitrogens is 1. The third kappa shape index (κ3) is 8.13. The summed E-state index contributed by atoms with van der Waals surface area (Å²) in [4.78, 5) is 43.2. The molecule has 2 fully saturated rings. The highest BCUT2D eigenvalue weighted by Crippen LogP contribution is 2.38. The number of nitrogens with two attached hydrogens (primary N) is 1. The summed E-state index contributed by atoms with van der Waals surface area (Å²) in [6, 6.07) is 11.0. The van der Waals surface area contributed by atoms with Gasteiger partial charge < -0.3 is 30.2 Å². The third-order valence-electron chi connectivity index (χ3n) is 6.76. The second-order valence-electron chi connectivity index (χ2n) is 11.7. The van der Waals surface area contributed by atoms with Crippen LogP contribution in [0.5, 0.6) is 17.2 Å². The maximum Gasteiger partial charge on any atom is 0.416 e. The summed E-state index contributed by atoms with van der Waals surface area (Å²) in [7, 11) is 0. The van der Waals surface area contributed by atoms with E-state index in [4.69, 9.17) is 19.9 Å². The lowest BCUT2D eigenvalue weighted by Crippen LogP contribution is -2.57. The predicted molar refractivity (Wildman–Crippen MR) is 157 cm³/mol. The van der Waals surface area contributed by atoms with E-state index in [0.717, 1.165) is 29.9 Å². The van der Waals surface area contributed by atoms with Gasteiger partial charge in [-0.05, 0) is 76.1 Å². The first-order valence-corrected chi connectivity index (χ1v) is 14.2. The van der Waals surface area contributed by atoms with E-state index < -0.39 is 35.6 Å². The van der Waals surface area contributed by atoms with E-state index in [1.807, 2.05) is 0 Å². The van der Waals surface area contributed by atoms with Crippen molar-refractivity contribution in [3.8, 4) is 17.2 Å². The quantitative estimate of drug-likeness (QED) is 0.293. The van der Waals surface area contributed by atoms with Crippen molar-refractivity contribution in [1.29, 1.82) is 0 Å². The lowest BCUT2D eigenvalue weighted by Gasteiger charge is -2.39. The van der Waals surface area contributed by atoms with Crippen LogP contribution >= 0.6 is 0 Å². The van der Waals surface area contributed by atoms with E-state index in [0.29, 0.717) is 17.3 Å². The standard InChI is InChI=1S/C31H32F3N5O6/c1-30(2,3)45-29(42)38-16-25(17-38)44-24-13-19(31(32,33)34)12-21(14-24)39(28(35)41)20-6-8-22(9-7-20)43-23-10-11-36-26(15-23)37-27(40)18-4-5-18/h6-15,18,25H,4-5,16-17H2,1-3H3,(H2,35,41)(H,36,37,40). The minimum atomic E-state index is -4.75. The van der Waals surface area contributed by atoms with E-state index in [1.165, 1.54) is 41.4 Å². The first-order chi connectivity index (χ1) is 21.1. The van der Waals surface area contributed by atoms with Gasteiger partial charge in [-0.2, -0.15) is 13.2 Å². The molecule has 0 bridgehead atoms. The average molecular weight is 628 g/mol. The molecule has 4 amide bonds. The van der Waals surface area contributed by atoms with Crippen LogP contribution in [0.25, 0.3) is 0 Å². The van der Waals surface area contributed by atoms with Crippen LogP contribution in [0.2, 0.25) is 0 Å². The molecule has 14 heteroatoms. The van der Waals surface area contributed by atoms with Gasteiger partial charge in [0, 0.05) is 24.2 Å². The largest absolute Gasteiger partial charge is 0.487 e. The van der Waals surface area contributed by atoms with Gasteiger partial charge in [0.25, 0.3) is 0 Å². The van der Waals surface area contributed by atoms with Crippen LogP contribution in [0, 0.1) is 5.92 Å². The van der Waals surface area contributed by atoms with Crippen LogP contribution in [0.15, 0.2) is 60.8 Å². The minimum Gasteiger partial charge on any atom is -0.487 e. The van der Waals surface area contributed by atoms with Crippen molar-refractivity contribution in [3.05, 3.63) is 66.4 Å². The normalized spacial score (nSPS) is 15.1. The van der Waals surface area contributed by atoms with Crippen molar-refractivity contribution in [2.45, 2.75) is 51.5 Å². The Morgan fingerprint density at radius 2 is 1.62 bits per heavy atom. The molecule has 0 spiro atoms. The molecule has 45 heavy (non-hydrogen) atoms. The zero-order valence-electron chi connectivity index (χ0n) is 24.8. The third-order valence-corrected chi connectivity index (χ3v) is 6.76. The summed E-state index contributed by atoms with van der Waals surface area (Å²) < 4.78 is 58.5. The number of halogens is 3. The Morgan fingerprint density at radius 3 is 2.22 bits per heavy atom. The van der Waals surface area contributed by atoms with Crippen molar-refractivity contribution >= 4 is 35.2 Å². The lowest BCUT2D eigenvalue weighted by molar-refractivity contribution is -0.137. The fraction of sp³-hybridized carbons (Fsp3) is 0.355. The number of hydrogen-bond donors (Lipinski definition) is 2. The number of alkyl halides is 3. The Kier molecular flexibility index (Phi) is 8.50. The smallest absolute Gasteiger partial charge is 0.416 e. The first-order valence-electron chi connectivity index (χ1n) is 14.2. The summed E-state index contributed by atoms with van der Waals surface area (Å²) in [6.07, 6.45) is -2.71. The number of hydrogen-bond acceptors (Lipinski definition) is 7. The van der Waals surface area contributed by atoms with Gasteiger partial charge in [0.2, 0.25) is 5.91 Å². The van der Waals surface area contributed by atoms with Gasteiger partial charge in [-0.15, -0.1) is 0 Å². The molecule has 5 rings (SSSR count). The number of ether oxygens (including phenoxy) is 3. The van der Waals surface area contributed by atoms with Crippen molar-refractivity contribution < 1.29 is 41.8 Å². The first kappa shape index (κ1) is 31.4. The maximum absolute atomic E-state index is 13.9. The van der Waals surface area contributed by atoms with Gasteiger partial charge in [0.1, 0.15) is 34.8 Å². The Hall–Kier alpha value is -5.01. The highest BCUT2D eigenvalue weighted by Gasteiger charge is 2.37. The highest BCUT2D eigenvalue weighted by atomic mass is 19.4. The van der Waals surface area contributed by atoms with E-state index in [2.05, 4.69) is 10.3 Å². The molecule has 2 aromatic carbocycles. The van der Waals surface area contributed by atoms with Gasteiger partial charge in [-0.3, -0.25) is 9.69 Å². The van der Waals surface area contributed by atoms with E-state index in [1.54, 1.807) is 32.9 Å². The Labute approximate surface area is 257 Å². The molecule has 238 valence electrons. The molecule has 1 aliphatic heterocycles. The summed E-state index contributed by atoms with van der Waals surface area (Å²) in [5.41, 5.74) is 3.88. The minimum absolute atomic E-state index is 0.00400. The number of carbonyl (C=O) groups excluding carboxylic acids is 3. The molecular weight excluding hydrogens is 595 g/mol. The van der Waals surface area contributed by atoms with Gasteiger partial charge in [0.15, 0.2) is 0 Å². The second-order valence-corrected chi connectivity index (χ2v) is 11.7. The summed E-state index contributed by atoms with van der Waals surface area (Å²) >= 11 is 0. The number of amides is 4. The number of urea groups is 1. The molecule has 1 aliphatic carbocycles. The van der Waals surface area contributed by atoms with Gasteiger partial charge in [0.05, 0.1) is 30.0 Å². The number of primary amides is 1. The van der Waals surface area contributed by atoms with Crippen molar-refractivity contribution in [3.63, 3.8) is 0 Å². The Balaban J connectivity index is 1.31. The van der Waals surface area contributed by atoms with Crippen LogP contribution in [-0.2, 0) is 15.7 Å². The molecule has 3 aromatic rings. The molecule has 11 nitrogen and oxygen atoms in total. The van der Waals surface area contributed by atoms with E-state index >= 15 is 0 Å². The van der Waals surface area contributed by atoms with Crippen LogP contribution < -0.4 is 25.4 Å². The average Bonchev–Trinajstić information content (AvgIpc) is 3.76. The van der Waals surface area contributed by atoms with Crippen LogP contribution in [0.3, 0.4) is 0 Å². The zero-order valence-corrected chi connectivity index (χ0v) is 24.8. The van der Waals surface area contributed by atoms with Gasteiger partial charge in [-0.1, -0.05) is 0 Å². The highest BCUT2D eigenvalue weighted by molar-refractivity contribution is 5.98. The van der Waals surface area contributed by atoms with E-state index in [-0.39, 0.29) is 42.0 Å². The van der Waals surface area contributed by atoms with Crippen molar-refractivity contribution in [2.75, 3.05) is 23.3 Å². The molecule has 0 unspecified atom stereocenters. The van der Waals surface area contributed by atoms with Gasteiger partial charge >= 0.3 is 18.3 Å². The molecule has 2 heterocycles. The molecule has 0 radical (unpaired) electrons. The maximum atomic E-state index is 13.9. The van der Waals surface area contributed by atoms with Crippen LogP contribution in [0.4, 0.5) is 40.0 Å². The number of carbonyl (C=O) groups is 3. The van der Waals surface area contributed by atoms with Crippen molar-refractivity contribution in [1.82, 2.24) is 9.88 Å². The number of nitrogens with one attached hydrogen (secondary N) is 1. The monoisotopic (exact) mass is 627 g/mol. The Bertz CT molecular complexity index is 1580. The fourth-order valence-electron chi connectivity index (χ4n) is 4.44. The van der Waals surface area contributed by atoms with Gasteiger partial charge in [-0.25, -0.2) is 14.6 Å². The predicted octanol–water partition coefficient (Wildman–Crippen LogP) is 6.46. The summed E-state index contributed by atoms with van der Waals surface area (Å²) in [6.45, 7) is 5.41. The number of likely N-dealkylation sites (tertiary alicyclic amines) is 1. The zero-order chi connectivity index (χ0) is 32.5. The number of nitrogens with zero attached hydrogens (tertiary/aromatic N) is 3. The fourth-order valence-corrected chi connectivity index (χ4v) is 4.44. The topological polar surface area (TPSA) is 136 Å². The van der Waals surface area contributed by atoms with Crippen molar-refractivity contribution in [2.24, 2.45) is 11.7 Å². The number of rotatable bonds is 8. The van der Waals surface area contributed by atoms with Crippen LogP contribution in [-0.4, -0.2) is 52.7 Å².